The number of carboxylic acid groups (broad SMARTS) is 1. The molecule has 21 heavy (non-hydrogen) atoms. The van der Waals surface area contributed by atoms with Gasteiger partial charge in [0.15, 0.2) is 0 Å². The molecular formula is C14H24N4O3. The van der Waals surface area contributed by atoms with Gasteiger partial charge in [0.1, 0.15) is 6.54 Å². The number of nitrogens with zero attached hydrogens (tertiary/aromatic N) is 3. The van der Waals surface area contributed by atoms with Crippen LogP contribution in [0.5, 0.6) is 0 Å². The number of nitrogens with one attached hydrogen (secondary N) is 1. The van der Waals surface area contributed by atoms with Crippen LogP contribution in [-0.4, -0.2) is 50.2 Å². The van der Waals surface area contributed by atoms with Gasteiger partial charge in [0.05, 0.1) is 6.33 Å². The van der Waals surface area contributed by atoms with Crippen LogP contribution in [0.4, 0.5) is 4.79 Å². The summed E-state index contributed by atoms with van der Waals surface area (Å²) in [5, 5.41) is 11.7. The normalized spacial score (nSPS) is 11.2. The van der Waals surface area contributed by atoms with Gasteiger partial charge < -0.3 is 19.9 Å². The molecule has 0 unspecified atom stereocenters. The molecule has 0 saturated carbocycles. The molecule has 0 radical (unpaired) electrons. The minimum atomic E-state index is -1.01. The molecule has 0 saturated heterocycles. The van der Waals surface area contributed by atoms with Crippen molar-refractivity contribution in [3.63, 3.8) is 0 Å². The first-order valence-electron chi connectivity index (χ1n) is 7.03. The second-order valence-corrected chi connectivity index (χ2v) is 5.89. The molecule has 1 aromatic rings. The summed E-state index contributed by atoms with van der Waals surface area (Å²) in [6.07, 6.45) is 7.13. The number of rotatable bonds is 7. The number of hydrogen-bond acceptors (Lipinski definition) is 3. The zero-order valence-corrected chi connectivity index (χ0v) is 12.9. The fourth-order valence-electron chi connectivity index (χ4n) is 1.88. The van der Waals surface area contributed by atoms with Crippen LogP contribution in [0, 0.1) is 0 Å². The molecule has 0 aliphatic rings. The van der Waals surface area contributed by atoms with Crippen LogP contribution in [0.1, 0.15) is 33.6 Å². The quantitative estimate of drug-likeness (QED) is 0.747. The Morgan fingerprint density at radius 1 is 1.33 bits per heavy atom. The number of amides is 2. The monoisotopic (exact) mass is 296 g/mol. The Balaban J connectivity index is 2.31. The number of unbranched alkanes of at least 4 members (excludes halogenated alkanes) is 1. The van der Waals surface area contributed by atoms with Crippen LogP contribution in [0.2, 0.25) is 0 Å². The summed E-state index contributed by atoms with van der Waals surface area (Å²) in [7, 11) is 0. The van der Waals surface area contributed by atoms with E-state index in [1.165, 1.54) is 4.90 Å². The summed E-state index contributed by atoms with van der Waals surface area (Å²) in [4.78, 5) is 28.2. The van der Waals surface area contributed by atoms with Gasteiger partial charge in [0, 0.05) is 31.0 Å². The molecule has 118 valence electrons. The molecule has 0 bridgehead atoms. The molecule has 1 aromatic heterocycles. The minimum absolute atomic E-state index is 0.301. The fraction of sp³-hybridized carbons (Fsp3) is 0.643. The van der Waals surface area contributed by atoms with Crippen LogP contribution < -0.4 is 5.32 Å². The topological polar surface area (TPSA) is 87.5 Å². The van der Waals surface area contributed by atoms with Gasteiger partial charge in [-0.05, 0) is 33.6 Å². The zero-order chi connectivity index (χ0) is 15.9. The third-order valence-corrected chi connectivity index (χ3v) is 3.03. The molecule has 7 heteroatoms. The van der Waals surface area contributed by atoms with E-state index in [0.29, 0.717) is 6.54 Å². The molecule has 0 aliphatic carbocycles. The van der Waals surface area contributed by atoms with Gasteiger partial charge in [-0.25, -0.2) is 9.78 Å². The van der Waals surface area contributed by atoms with E-state index in [1.54, 1.807) is 12.5 Å². The van der Waals surface area contributed by atoms with Gasteiger partial charge in [-0.3, -0.25) is 4.79 Å². The van der Waals surface area contributed by atoms with Crippen LogP contribution in [0.3, 0.4) is 0 Å². The van der Waals surface area contributed by atoms with Gasteiger partial charge in [-0.15, -0.1) is 0 Å². The van der Waals surface area contributed by atoms with Gasteiger partial charge in [0.25, 0.3) is 0 Å². The lowest BCUT2D eigenvalue weighted by Gasteiger charge is -2.34. The Morgan fingerprint density at radius 2 is 2.05 bits per heavy atom. The first-order valence-corrected chi connectivity index (χ1v) is 7.03. The Labute approximate surface area is 125 Å². The Kier molecular flexibility index (Phi) is 6.20. The Hall–Kier alpha value is -2.05. The van der Waals surface area contributed by atoms with E-state index in [0.717, 1.165) is 19.4 Å². The van der Waals surface area contributed by atoms with Crippen LogP contribution in [0.25, 0.3) is 0 Å². The van der Waals surface area contributed by atoms with E-state index in [-0.39, 0.29) is 12.6 Å². The van der Waals surface area contributed by atoms with Crippen molar-refractivity contribution in [3.05, 3.63) is 18.7 Å². The lowest BCUT2D eigenvalue weighted by molar-refractivity contribution is -0.138. The summed E-state index contributed by atoms with van der Waals surface area (Å²) in [6.45, 7) is 6.52. The van der Waals surface area contributed by atoms with Crippen LogP contribution in [-0.2, 0) is 11.3 Å². The van der Waals surface area contributed by atoms with Crippen molar-refractivity contribution in [3.8, 4) is 0 Å². The predicted octanol–water partition coefficient (Wildman–Crippen LogP) is 1.56. The largest absolute Gasteiger partial charge is 0.480 e. The van der Waals surface area contributed by atoms with Gasteiger partial charge in [0.2, 0.25) is 0 Å². The lowest BCUT2D eigenvalue weighted by Crippen LogP contribution is -2.52. The third kappa shape index (κ3) is 6.29. The van der Waals surface area contributed by atoms with Crippen molar-refractivity contribution < 1.29 is 14.7 Å². The Morgan fingerprint density at radius 3 is 2.57 bits per heavy atom. The molecule has 0 aliphatic heterocycles. The van der Waals surface area contributed by atoms with E-state index >= 15 is 0 Å². The molecule has 0 atom stereocenters. The van der Waals surface area contributed by atoms with E-state index in [4.69, 9.17) is 5.11 Å². The average molecular weight is 296 g/mol. The molecular weight excluding hydrogens is 272 g/mol. The second-order valence-electron chi connectivity index (χ2n) is 5.89. The number of urea groups is 1. The maximum Gasteiger partial charge on any atom is 0.323 e. The number of aromatic nitrogens is 2. The summed E-state index contributed by atoms with van der Waals surface area (Å²) in [5.41, 5.74) is -0.528. The number of hydrogen-bond donors (Lipinski definition) is 2. The molecule has 2 N–H and O–H groups in total. The van der Waals surface area contributed by atoms with Crippen molar-refractivity contribution in [2.45, 2.75) is 45.7 Å². The van der Waals surface area contributed by atoms with Crippen molar-refractivity contribution in [2.75, 3.05) is 13.1 Å². The van der Waals surface area contributed by atoms with Crippen LogP contribution in [0.15, 0.2) is 18.7 Å². The highest BCUT2D eigenvalue weighted by atomic mass is 16.4. The summed E-state index contributed by atoms with van der Waals surface area (Å²) in [6, 6.07) is -0.340. The van der Waals surface area contributed by atoms with Crippen molar-refractivity contribution >= 4 is 12.0 Å². The number of aryl methyl sites for hydroxylation is 1. The number of aliphatic carboxylic acids is 1. The first kappa shape index (κ1) is 17.0. The van der Waals surface area contributed by atoms with E-state index in [9.17, 15) is 9.59 Å². The van der Waals surface area contributed by atoms with E-state index in [2.05, 4.69) is 10.3 Å². The smallest absolute Gasteiger partial charge is 0.323 e. The highest BCUT2D eigenvalue weighted by Gasteiger charge is 2.27. The average Bonchev–Trinajstić information content (AvgIpc) is 2.87. The second kappa shape index (κ2) is 7.66. The van der Waals surface area contributed by atoms with E-state index in [1.807, 2.05) is 31.5 Å². The standard InChI is InChI=1S/C14H24N4O3/c1-14(2,3)18(10-12(19)20)13(21)16-6-4-5-8-17-9-7-15-11-17/h7,9,11H,4-6,8,10H2,1-3H3,(H,16,21)(H,19,20). The molecule has 7 nitrogen and oxygen atoms in total. The van der Waals surface area contributed by atoms with Crippen molar-refractivity contribution in [2.24, 2.45) is 0 Å². The first-order chi connectivity index (χ1) is 9.80. The van der Waals surface area contributed by atoms with Crippen molar-refractivity contribution in [1.82, 2.24) is 19.8 Å². The fourth-order valence-corrected chi connectivity index (χ4v) is 1.88. The van der Waals surface area contributed by atoms with Crippen molar-refractivity contribution in [1.29, 1.82) is 0 Å². The minimum Gasteiger partial charge on any atom is -0.480 e. The summed E-state index contributed by atoms with van der Waals surface area (Å²) >= 11 is 0. The molecule has 0 fully saturated rings. The molecule has 0 spiro atoms. The SMILES string of the molecule is CC(C)(C)N(CC(=O)O)C(=O)NCCCCn1ccnc1. The van der Waals surface area contributed by atoms with Crippen LogP contribution >= 0.6 is 0 Å². The number of carbonyl (C=O) groups excluding carboxylic acids is 1. The van der Waals surface area contributed by atoms with Gasteiger partial charge in [-0.2, -0.15) is 0 Å². The highest BCUT2D eigenvalue weighted by molar-refractivity contribution is 5.80. The number of carboxylic acids is 1. The molecule has 1 rings (SSSR count). The number of imidazole rings is 1. The maximum absolute atomic E-state index is 12.1. The lowest BCUT2D eigenvalue weighted by atomic mass is 10.1. The highest BCUT2D eigenvalue weighted by Crippen LogP contribution is 2.12. The maximum atomic E-state index is 12.1. The molecule has 2 amide bonds. The predicted molar refractivity (Wildman–Crippen MR) is 79.0 cm³/mol. The molecule has 1 heterocycles. The Bertz CT molecular complexity index is 451. The van der Waals surface area contributed by atoms with E-state index < -0.39 is 11.5 Å². The van der Waals surface area contributed by atoms with Gasteiger partial charge >= 0.3 is 12.0 Å². The number of carbonyl (C=O) groups is 2. The third-order valence-electron chi connectivity index (χ3n) is 3.03. The van der Waals surface area contributed by atoms with Gasteiger partial charge in [-0.1, -0.05) is 0 Å². The summed E-state index contributed by atoms with van der Waals surface area (Å²) < 4.78 is 1.98. The molecule has 0 aromatic carbocycles. The summed E-state index contributed by atoms with van der Waals surface area (Å²) in [5.74, 6) is -1.01. The zero-order valence-electron chi connectivity index (χ0n) is 12.9.